The molecule has 21 heavy (non-hydrogen) atoms. The molecule has 2 aromatic carbocycles. The van der Waals surface area contributed by atoms with E-state index in [2.05, 4.69) is 25.6 Å². The first-order chi connectivity index (χ1) is 9.95. The van der Waals surface area contributed by atoms with Gasteiger partial charge in [-0.3, -0.25) is 4.72 Å². The minimum atomic E-state index is -3.61. The van der Waals surface area contributed by atoms with Crippen molar-refractivity contribution in [3.05, 3.63) is 46.9 Å². The molecule has 0 amide bonds. The van der Waals surface area contributed by atoms with E-state index in [0.717, 1.165) is 10.2 Å². The van der Waals surface area contributed by atoms with Gasteiger partial charge >= 0.3 is 0 Å². The molecule has 0 aliphatic rings. The van der Waals surface area contributed by atoms with E-state index < -0.39 is 10.0 Å². The number of anilines is 2. The van der Waals surface area contributed by atoms with Crippen LogP contribution < -0.4 is 10.5 Å². The van der Waals surface area contributed by atoms with Crippen LogP contribution in [0.2, 0.25) is 0 Å². The first-order valence-electron chi connectivity index (χ1n) is 5.89. The van der Waals surface area contributed by atoms with Crippen LogP contribution in [0, 0.1) is 0 Å². The normalized spacial score (nSPS) is 11.7. The van der Waals surface area contributed by atoms with Crippen LogP contribution in [0.3, 0.4) is 0 Å². The average Bonchev–Trinajstić information content (AvgIpc) is 2.80. The van der Waals surface area contributed by atoms with Crippen molar-refractivity contribution < 1.29 is 8.42 Å². The zero-order valence-electron chi connectivity index (χ0n) is 10.6. The van der Waals surface area contributed by atoms with Crippen LogP contribution in [0.4, 0.5) is 10.8 Å². The molecule has 5 nitrogen and oxygen atoms in total. The number of nitrogen functional groups attached to an aromatic ring is 1. The molecule has 0 saturated carbocycles. The van der Waals surface area contributed by atoms with Gasteiger partial charge in [-0.1, -0.05) is 29.5 Å². The number of aromatic nitrogens is 1. The van der Waals surface area contributed by atoms with Gasteiger partial charge < -0.3 is 5.73 Å². The molecule has 1 aromatic heterocycles. The summed E-state index contributed by atoms with van der Waals surface area (Å²) < 4.78 is 28.6. The lowest BCUT2D eigenvalue weighted by Crippen LogP contribution is -2.12. The van der Waals surface area contributed by atoms with E-state index in [4.69, 9.17) is 5.73 Å². The second-order valence-corrected chi connectivity index (χ2v) is 7.87. The number of benzene rings is 2. The molecular weight excluding hydrogens is 374 g/mol. The molecule has 0 atom stereocenters. The molecule has 0 aliphatic carbocycles. The minimum absolute atomic E-state index is 0.213. The van der Waals surface area contributed by atoms with Crippen molar-refractivity contribution in [1.29, 1.82) is 0 Å². The fraction of sp³-hybridized carbons (Fsp3) is 0. The van der Waals surface area contributed by atoms with Crippen molar-refractivity contribution >= 4 is 58.3 Å². The third kappa shape index (κ3) is 2.87. The average molecular weight is 384 g/mol. The van der Waals surface area contributed by atoms with Gasteiger partial charge in [0.15, 0.2) is 5.13 Å². The summed E-state index contributed by atoms with van der Waals surface area (Å²) in [6.45, 7) is 0. The Hall–Kier alpha value is -1.64. The van der Waals surface area contributed by atoms with E-state index >= 15 is 0 Å². The molecule has 0 spiro atoms. The fourth-order valence-corrected chi connectivity index (χ4v) is 4.42. The van der Waals surface area contributed by atoms with Crippen LogP contribution in [0.1, 0.15) is 0 Å². The maximum atomic E-state index is 12.3. The number of fused-ring (bicyclic) bond motifs is 1. The quantitative estimate of drug-likeness (QED) is 0.725. The number of rotatable bonds is 3. The number of sulfonamides is 1. The van der Waals surface area contributed by atoms with Crippen molar-refractivity contribution in [3.63, 3.8) is 0 Å². The van der Waals surface area contributed by atoms with Gasteiger partial charge in [-0.15, -0.1) is 0 Å². The van der Waals surface area contributed by atoms with Crippen molar-refractivity contribution in [2.45, 2.75) is 4.90 Å². The van der Waals surface area contributed by atoms with Gasteiger partial charge in [0.2, 0.25) is 0 Å². The second-order valence-electron chi connectivity index (χ2n) is 4.28. The van der Waals surface area contributed by atoms with Crippen LogP contribution in [-0.2, 0) is 10.0 Å². The van der Waals surface area contributed by atoms with E-state index in [-0.39, 0.29) is 4.90 Å². The Morgan fingerprint density at radius 1 is 1.19 bits per heavy atom. The summed E-state index contributed by atoms with van der Waals surface area (Å²) in [5, 5.41) is 0.439. The third-order valence-corrected chi connectivity index (χ3v) is 5.60. The van der Waals surface area contributed by atoms with E-state index in [9.17, 15) is 8.42 Å². The number of halogens is 1. The van der Waals surface area contributed by atoms with Crippen molar-refractivity contribution in [2.24, 2.45) is 0 Å². The van der Waals surface area contributed by atoms with E-state index in [1.165, 1.54) is 11.3 Å². The van der Waals surface area contributed by atoms with Crippen LogP contribution in [0.5, 0.6) is 0 Å². The highest BCUT2D eigenvalue weighted by atomic mass is 79.9. The molecule has 0 bridgehead atoms. The maximum Gasteiger partial charge on any atom is 0.261 e. The highest BCUT2D eigenvalue weighted by Gasteiger charge is 2.15. The van der Waals surface area contributed by atoms with Gasteiger partial charge in [0, 0.05) is 4.47 Å². The van der Waals surface area contributed by atoms with Crippen LogP contribution in [-0.4, -0.2) is 13.4 Å². The Balaban J connectivity index is 2.02. The summed E-state index contributed by atoms with van der Waals surface area (Å²) in [5.41, 5.74) is 6.86. The van der Waals surface area contributed by atoms with E-state index in [1.54, 1.807) is 42.5 Å². The number of nitrogens with two attached hydrogens (primary N) is 1. The third-order valence-electron chi connectivity index (χ3n) is 2.77. The first kappa shape index (κ1) is 14.3. The SMILES string of the molecule is Nc1nc2c(Br)cc(NS(=O)(=O)c3ccccc3)cc2s1. The van der Waals surface area contributed by atoms with E-state index in [1.807, 2.05) is 0 Å². The zero-order chi connectivity index (χ0) is 15.0. The first-order valence-corrected chi connectivity index (χ1v) is 8.98. The molecular formula is C13H10BrN3O2S2. The molecule has 0 fully saturated rings. The lowest BCUT2D eigenvalue weighted by atomic mass is 10.3. The Labute approximate surface area is 134 Å². The largest absolute Gasteiger partial charge is 0.375 e. The molecule has 0 unspecified atom stereocenters. The minimum Gasteiger partial charge on any atom is -0.375 e. The number of thiazole rings is 1. The fourth-order valence-electron chi connectivity index (χ4n) is 1.88. The molecule has 0 saturated heterocycles. The lowest BCUT2D eigenvalue weighted by Gasteiger charge is -2.08. The van der Waals surface area contributed by atoms with E-state index in [0.29, 0.717) is 15.3 Å². The van der Waals surface area contributed by atoms with Gasteiger partial charge in [0.05, 0.1) is 20.8 Å². The number of nitrogens with one attached hydrogen (secondary N) is 1. The smallest absolute Gasteiger partial charge is 0.261 e. The van der Waals surface area contributed by atoms with Crippen molar-refractivity contribution in [2.75, 3.05) is 10.5 Å². The lowest BCUT2D eigenvalue weighted by molar-refractivity contribution is 0.601. The summed E-state index contributed by atoms with van der Waals surface area (Å²) in [6, 6.07) is 11.6. The summed E-state index contributed by atoms with van der Waals surface area (Å²) in [6.07, 6.45) is 0. The second kappa shape index (κ2) is 5.28. The Morgan fingerprint density at radius 3 is 2.62 bits per heavy atom. The number of hydrogen-bond donors (Lipinski definition) is 2. The Bertz CT molecular complexity index is 908. The maximum absolute atomic E-state index is 12.3. The van der Waals surface area contributed by atoms with Crippen LogP contribution in [0.25, 0.3) is 10.2 Å². The van der Waals surface area contributed by atoms with Crippen LogP contribution >= 0.6 is 27.3 Å². The highest BCUT2D eigenvalue weighted by molar-refractivity contribution is 9.10. The molecule has 1 heterocycles. The van der Waals surface area contributed by atoms with Gasteiger partial charge in [-0.2, -0.15) is 0 Å². The molecule has 8 heteroatoms. The summed E-state index contributed by atoms with van der Waals surface area (Å²) in [7, 11) is -3.61. The van der Waals surface area contributed by atoms with Gasteiger partial charge in [-0.25, -0.2) is 13.4 Å². The predicted octanol–water partition coefficient (Wildman–Crippen LogP) is 3.44. The molecule has 108 valence electrons. The predicted molar refractivity (Wildman–Crippen MR) is 89.0 cm³/mol. The standard InChI is InChI=1S/C13H10BrN3O2S2/c14-10-6-8(7-11-12(10)16-13(15)20-11)17-21(18,19)9-4-2-1-3-5-9/h1-7,17H,(H2,15,16). The molecule has 3 N–H and O–H groups in total. The van der Waals surface area contributed by atoms with Crippen LogP contribution in [0.15, 0.2) is 51.8 Å². The molecule has 0 aliphatic heterocycles. The van der Waals surface area contributed by atoms with Crippen molar-refractivity contribution in [1.82, 2.24) is 4.98 Å². The molecule has 0 radical (unpaired) electrons. The zero-order valence-corrected chi connectivity index (χ0v) is 13.8. The van der Waals surface area contributed by atoms with Gasteiger partial charge in [0.1, 0.15) is 0 Å². The molecule has 3 rings (SSSR count). The number of hydrogen-bond acceptors (Lipinski definition) is 5. The summed E-state index contributed by atoms with van der Waals surface area (Å²) >= 11 is 4.68. The van der Waals surface area contributed by atoms with Gasteiger partial charge in [0.25, 0.3) is 10.0 Å². The van der Waals surface area contributed by atoms with Crippen molar-refractivity contribution in [3.8, 4) is 0 Å². The number of nitrogens with zero attached hydrogens (tertiary/aromatic N) is 1. The summed E-state index contributed by atoms with van der Waals surface area (Å²) in [4.78, 5) is 4.39. The molecule has 3 aromatic rings. The Morgan fingerprint density at radius 2 is 1.90 bits per heavy atom. The van der Waals surface area contributed by atoms with Gasteiger partial charge in [-0.05, 0) is 40.2 Å². The Kier molecular flexibility index (Phi) is 3.60. The highest BCUT2D eigenvalue weighted by Crippen LogP contribution is 2.33. The topological polar surface area (TPSA) is 85.1 Å². The monoisotopic (exact) mass is 383 g/mol. The summed E-state index contributed by atoms with van der Waals surface area (Å²) in [5.74, 6) is 0.